The number of carbonyl (C=O) groups is 1. The number of hydrogen-bond donors (Lipinski definition) is 3. The smallest absolute Gasteiger partial charge is 0.221 e. The van der Waals surface area contributed by atoms with Gasteiger partial charge >= 0.3 is 0 Å². The molecule has 2 aliphatic rings. The van der Waals surface area contributed by atoms with Crippen LogP contribution >= 0.6 is 0 Å². The number of nitrogens with one attached hydrogen (secondary N) is 2. The normalized spacial score (nSPS) is 22.9. The van der Waals surface area contributed by atoms with E-state index in [1.807, 2.05) is 0 Å². The van der Waals surface area contributed by atoms with E-state index in [4.69, 9.17) is 10.7 Å². The van der Waals surface area contributed by atoms with Gasteiger partial charge in [-0.25, -0.2) is 0 Å². The predicted octanol–water partition coefficient (Wildman–Crippen LogP) is 1.72. The van der Waals surface area contributed by atoms with Gasteiger partial charge in [0.05, 0.1) is 5.92 Å². The maximum Gasteiger partial charge on any atom is 0.221 e. The summed E-state index contributed by atoms with van der Waals surface area (Å²) in [6, 6.07) is 9.17. The van der Waals surface area contributed by atoms with E-state index in [1.54, 1.807) is 0 Å². The maximum atomic E-state index is 11.4. The summed E-state index contributed by atoms with van der Waals surface area (Å²) in [6.45, 7) is 10.7. The van der Waals surface area contributed by atoms with Crippen molar-refractivity contribution in [3.05, 3.63) is 29.8 Å². The third-order valence-electron chi connectivity index (χ3n) is 6.08. The number of benzene rings is 1. The molecule has 7 nitrogen and oxygen atoms in total. The van der Waals surface area contributed by atoms with Crippen LogP contribution in [0.2, 0.25) is 0 Å². The standard InChI is InChI=1S/C23H38N6O/c1-3-25-23(26-12-5-14-28-13-4-6-19(16-28)22(24)30)27-20-11-15-29(17-20)21-9-7-18(2)8-10-21/h7-10,19-20H,3-6,11-17H2,1-2H3,(H2,24,30)(H2,25,26,27). The molecule has 0 spiro atoms. The van der Waals surface area contributed by atoms with Crippen molar-refractivity contribution in [3.8, 4) is 0 Å². The Balaban J connectivity index is 1.43. The van der Waals surface area contributed by atoms with Crippen molar-refractivity contribution in [1.82, 2.24) is 15.5 Å². The number of carbonyl (C=O) groups excluding carboxylic acids is 1. The highest BCUT2D eigenvalue weighted by Gasteiger charge is 2.24. The highest BCUT2D eigenvalue weighted by Crippen LogP contribution is 2.20. The number of nitrogens with two attached hydrogens (primary N) is 1. The van der Waals surface area contributed by atoms with Crippen molar-refractivity contribution >= 4 is 17.6 Å². The minimum Gasteiger partial charge on any atom is -0.369 e. The molecule has 1 aromatic carbocycles. The van der Waals surface area contributed by atoms with Gasteiger partial charge in [0.15, 0.2) is 5.96 Å². The van der Waals surface area contributed by atoms with Gasteiger partial charge in [0.2, 0.25) is 5.91 Å². The predicted molar refractivity (Wildman–Crippen MR) is 124 cm³/mol. The zero-order valence-electron chi connectivity index (χ0n) is 18.6. The molecular formula is C23H38N6O. The van der Waals surface area contributed by atoms with Crippen molar-refractivity contribution in [2.75, 3.05) is 50.7 Å². The van der Waals surface area contributed by atoms with E-state index in [0.717, 1.165) is 77.5 Å². The van der Waals surface area contributed by atoms with Crippen molar-refractivity contribution in [2.24, 2.45) is 16.6 Å². The van der Waals surface area contributed by atoms with Crippen molar-refractivity contribution < 1.29 is 4.79 Å². The number of aryl methyl sites for hydroxylation is 1. The van der Waals surface area contributed by atoms with E-state index >= 15 is 0 Å². The lowest BCUT2D eigenvalue weighted by molar-refractivity contribution is -0.123. The van der Waals surface area contributed by atoms with Gasteiger partial charge in [0.1, 0.15) is 0 Å². The lowest BCUT2D eigenvalue weighted by Crippen LogP contribution is -2.45. The average Bonchev–Trinajstić information content (AvgIpc) is 3.20. The van der Waals surface area contributed by atoms with E-state index < -0.39 is 0 Å². The van der Waals surface area contributed by atoms with Gasteiger partial charge in [-0.15, -0.1) is 0 Å². The van der Waals surface area contributed by atoms with Crippen molar-refractivity contribution in [3.63, 3.8) is 0 Å². The van der Waals surface area contributed by atoms with Gasteiger partial charge in [-0.3, -0.25) is 9.79 Å². The number of rotatable bonds is 8. The summed E-state index contributed by atoms with van der Waals surface area (Å²) in [5.41, 5.74) is 8.07. The van der Waals surface area contributed by atoms with E-state index in [2.05, 4.69) is 58.5 Å². The summed E-state index contributed by atoms with van der Waals surface area (Å²) in [6.07, 6.45) is 4.09. The molecule has 0 radical (unpaired) electrons. The first-order chi connectivity index (χ1) is 14.5. The van der Waals surface area contributed by atoms with Crippen LogP contribution in [0.25, 0.3) is 0 Å². The Morgan fingerprint density at radius 3 is 2.73 bits per heavy atom. The molecule has 7 heteroatoms. The molecule has 1 aromatic rings. The van der Waals surface area contributed by atoms with E-state index in [0.29, 0.717) is 6.04 Å². The minimum atomic E-state index is -0.160. The number of piperidine rings is 1. The third kappa shape index (κ3) is 6.62. The molecular weight excluding hydrogens is 376 g/mol. The van der Waals surface area contributed by atoms with E-state index in [-0.39, 0.29) is 11.8 Å². The van der Waals surface area contributed by atoms with Crippen LogP contribution in [0.4, 0.5) is 5.69 Å². The number of nitrogens with zero attached hydrogens (tertiary/aromatic N) is 3. The SMILES string of the molecule is CCNC(=NCCCN1CCCC(C(N)=O)C1)NC1CCN(c2ccc(C)cc2)C1. The summed E-state index contributed by atoms with van der Waals surface area (Å²) < 4.78 is 0. The lowest BCUT2D eigenvalue weighted by atomic mass is 9.97. The summed E-state index contributed by atoms with van der Waals surface area (Å²) in [4.78, 5) is 21.0. The number of anilines is 1. The Hall–Kier alpha value is -2.28. The van der Waals surface area contributed by atoms with Crippen molar-refractivity contribution in [1.29, 1.82) is 0 Å². The summed E-state index contributed by atoms with van der Waals surface area (Å²) in [5.74, 6) is 0.759. The monoisotopic (exact) mass is 414 g/mol. The molecule has 2 fully saturated rings. The fourth-order valence-corrected chi connectivity index (χ4v) is 4.36. The Morgan fingerprint density at radius 1 is 1.20 bits per heavy atom. The van der Waals surface area contributed by atoms with E-state index in [1.165, 1.54) is 11.3 Å². The zero-order valence-corrected chi connectivity index (χ0v) is 18.6. The fourth-order valence-electron chi connectivity index (χ4n) is 4.36. The van der Waals surface area contributed by atoms with Crippen molar-refractivity contribution in [2.45, 2.75) is 45.6 Å². The highest BCUT2D eigenvalue weighted by molar-refractivity contribution is 5.80. The van der Waals surface area contributed by atoms with Crippen LogP contribution in [0, 0.1) is 12.8 Å². The molecule has 2 atom stereocenters. The second kappa shape index (κ2) is 11.2. The van der Waals surface area contributed by atoms with Crippen LogP contribution in [-0.2, 0) is 4.79 Å². The van der Waals surface area contributed by atoms with Crippen LogP contribution in [0.3, 0.4) is 0 Å². The van der Waals surface area contributed by atoms with Crippen LogP contribution in [0.1, 0.15) is 38.2 Å². The Morgan fingerprint density at radius 2 is 2.00 bits per heavy atom. The summed E-state index contributed by atoms with van der Waals surface area (Å²) >= 11 is 0. The lowest BCUT2D eigenvalue weighted by Gasteiger charge is -2.30. The molecule has 2 saturated heterocycles. The molecule has 30 heavy (non-hydrogen) atoms. The number of hydrogen-bond acceptors (Lipinski definition) is 4. The molecule has 2 aliphatic heterocycles. The number of amides is 1. The van der Waals surface area contributed by atoms with Gasteiger partial charge in [-0.1, -0.05) is 17.7 Å². The molecule has 3 rings (SSSR count). The molecule has 0 bridgehead atoms. The number of aliphatic imine (C=N–C) groups is 1. The molecule has 4 N–H and O–H groups in total. The molecule has 0 aliphatic carbocycles. The first kappa shape index (κ1) is 22.4. The molecule has 0 saturated carbocycles. The van der Waals surface area contributed by atoms with Gasteiger partial charge in [0, 0.05) is 44.5 Å². The largest absolute Gasteiger partial charge is 0.369 e. The van der Waals surface area contributed by atoms with Gasteiger partial charge in [-0.2, -0.15) is 0 Å². The van der Waals surface area contributed by atoms with Crippen LogP contribution in [0.15, 0.2) is 29.3 Å². The number of guanidine groups is 1. The Labute approximate surface area is 181 Å². The zero-order chi connectivity index (χ0) is 21.3. The minimum absolute atomic E-state index is 0.0140. The fraction of sp³-hybridized carbons (Fsp3) is 0.652. The molecule has 2 unspecified atom stereocenters. The average molecular weight is 415 g/mol. The first-order valence-electron chi connectivity index (χ1n) is 11.4. The maximum absolute atomic E-state index is 11.4. The molecule has 2 heterocycles. The van der Waals surface area contributed by atoms with Gasteiger partial charge < -0.3 is 26.2 Å². The van der Waals surface area contributed by atoms with Crippen LogP contribution in [-0.4, -0.2) is 68.6 Å². The summed E-state index contributed by atoms with van der Waals surface area (Å²) in [5, 5.41) is 6.99. The molecule has 166 valence electrons. The van der Waals surface area contributed by atoms with Gasteiger partial charge in [-0.05, 0) is 64.8 Å². The number of likely N-dealkylation sites (tertiary alicyclic amines) is 1. The van der Waals surface area contributed by atoms with Crippen LogP contribution < -0.4 is 21.3 Å². The van der Waals surface area contributed by atoms with Crippen LogP contribution in [0.5, 0.6) is 0 Å². The third-order valence-corrected chi connectivity index (χ3v) is 6.08. The van der Waals surface area contributed by atoms with E-state index in [9.17, 15) is 4.79 Å². The second-order valence-corrected chi connectivity index (χ2v) is 8.57. The topological polar surface area (TPSA) is 86.0 Å². The Kier molecular flexibility index (Phi) is 8.37. The first-order valence-corrected chi connectivity index (χ1v) is 11.4. The summed E-state index contributed by atoms with van der Waals surface area (Å²) in [7, 11) is 0. The number of primary amides is 1. The highest BCUT2D eigenvalue weighted by atomic mass is 16.1. The molecule has 0 aromatic heterocycles. The quantitative estimate of drug-likeness (QED) is 0.343. The second-order valence-electron chi connectivity index (χ2n) is 8.57. The van der Waals surface area contributed by atoms with Gasteiger partial charge in [0.25, 0.3) is 0 Å². The Bertz CT molecular complexity index is 704. The molecule has 1 amide bonds.